The first-order valence-electron chi connectivity index (χ1n) is 6.39. The maximum Gasteiger partial charge on any atom is 0.0640 e. The van der Waals surface area contributed by atoms with Gasteiger partial charge in [-0.25, -0.2) is 0 Å². The molecule has 0 saturated heterocycles. The van der Waals surface area contributed by atoms with E-state index >= 15 is 0 Å². The molecule has 0 aliphatic carbocycles. The second kappa shape index (κ2) is 5.39. The van der Waals surface area contributed by atoms with Crippen LogP contribution < -0.4 is 5.32 Å². The van der Waals surface area contributed by atoms with E-state index in [4.69, 9.17) is 23.2 Å². The number of aryl methyl sites for hydroxylation is 1. The summed E-state index contributed by atoms with van der Waals surface area (Å²) in [5, 5.41) is 6.02. The molecule has 0 spiro atoms. The highest BCUT2D eigenvalue weighted by molar-refractivity contribution is 6.33. The maximum absolute atomic E-state index is 6.22. The van der Waals surface area contributed by atoms with Gasteiger partial charge in [0, 0.05) is 28.7 Å². The average molecular weight is 305 g/mol. The number of aromatic nitrogens is 1. The van der Waals surface area contributed by atoms with Gasteiger partial charge in [-0.05, 0) is 42.3 Å². The molecule has 2 nitrogen and oxygen atoms in total. The lowest BCUT2D eigenvalue weighted by atomic mass is 10.1. The quantitative estimate of drug-likeness (QED) is 0.666. The van der Waals surface area contributed by atoms with Crippen molar-refractivity contribution in [3.8, 4) is 0 Å². The molecule has 0 aliphatic rings. The van der Waals surface area contributed by atoms with Crippen LogP contribution in [0.5, 0.6) is 0 Å². The number of benzene rings is 2. The molecular weight excluding hydrogens is 291 g/mol. The zero-order chi connectivity index (χ0) is 14.1. The molecule has 3 aromatic rings. The molecule has 0 saturated carbocycles. The number of H-pyrrole nitrogens is 1. The monoisotopic (exact) mass is 304 g/mol. The zero-order valence-corrected chi connectivity index (χ0v) is 12.5. The van der Waals surface area contributed by atoms with Crippen molar-refractivity contribution in [1.82, 2.24) is 4.98 Å². The molecular formula is C16H14Cl2N2. The number of halogens is 2. The van der Waals surface area contributed by atoms with Crippen molar-refractivity contribution in [1.29, 1.82) is 0 Å². The Morgan fingerprint density at radius 3 is 2.75 bits per heavy atom. The second-order valence-corrected chi connectivity index (χ2v) is 5.68. The SMILES string of the molecule is Cc1ccc(NCc2c[nH]c3cc(Cl)ccc23)c(Cl)c1. The van der Waals surface area contributed by atoms with Crippen LogP contribution in [0.1, 0.15) is 11.1 Å². The number of hydrogen-bond donors (Lipinski definition) is 2. The summed E-state index contributed by atoms with van der Waals surface area (Å²) >= 11 is 12.2. The molecule has 4 heteroatoms. The standard InChI is InChI=1S/C16H14Cl2N2/c1-10-2-5-15(14(18)6-10)19-8-11-9-20-16-7-12(17)3-4-13(11)16/h2-7,9,19-20H,8H2,1H3. The Labute approximate surface area is 127 Å². The Hall–Kier alpha value is -1.64. The molecule has 0 fully saturated rings. The fourth-order valence-electron chi connectivity index (χ4n) is 2.26. The van der Waals surface area contributed by atoms with E-state index in [1.807, 2.05) is 49.5 Å². The molecule has 0 radical (unpaired) electrons. The lowest BCUT2D eigenvalue weighted by Crippen LogP contribution is -1.99. The first-order chi connectivity index (χ1) is 9.63. The third-order valence-corrected chi connectivity index (χ3v) is 3.87. The van der Waals surface area contributed by atoms with Gasteiger partial charge in [-0.1, -0.05) is 35.3 Å². The van der Waals surface area contributed by atoms with Gasteiger partial charge in [0.1, 0.15) is 0 Å². The van der Waals surface area contributed by atoms with Crippen molar-refractivity contribution in [2.45, 2.75) is 13.5 Å². The highest BCUT2D eigenvalue weighted by Crippen LogP contribution is 2.26. The summed E-state index contributed by atoms with van der Waals surface area (Å²) in [4.78, 5) is 3.23. The van der Waals surface area contributed by atoms with E-state index in [1.54, 1.807) is 0 Å². The zero-order valence-electron chi connectivity index (χ0n) is 11.0. The molecule has 0 unspecified atom stereocenters. The number of anilines is 1. The van der Waals surface area contributed by atoms with Crippen LogP contribution in [0.25, 0.3) is 10.9 Å². The van der Waals surface area contributed by atoms with Crippen LogP contribution in [0.2, 0.25) is 10.0 Å². The molecule has 102 valence electrons. The van der Waals surface area contributed by atoms with Crippen LogP contribution in [0.15, 0.2) is 42.6 Å². The Morgan fingerprint density at radius 1 is 1.10 bits per heavy atom. The minimum Gasteiger partial charge on any atom is -0.380 e. The van der Waals surface area contributed by atoms with E-state index in [0.29, 0.717) is 6.54 Å². The first kappa shape index (κ1) is 13.3. The molecule has 3 rings (SSSR count). The van der Waals surface area contributed by atoms with Gasteiger partial charge in [-0.3, -0.25) is 0 Å². The average Bonchev–Trinajstić information content (AvgIpc) is 2.80. The van der Waals surface area contributed by atoms with Crippen LogP contribution >= 0.6 is 23.2 Å². The summed E-state index contributed by atoms with van der Waals surface area (Å²) in [6.45, 7) is 2.74. The third-order valence-electron chi connectivity index (χ3n) is 3.32. The van der Waals surface area contributed by atoms with Gasteiger partial charge in [0.15, 0.2) is 0 Å². The van der Waals surface area contributed by atoms with Crippen molar-refractivity contribution in [2.75, 3.05) is 5.32 Å². The lowest BCUT2D eigenvalue weighted by molar-refractivity contribution is 1.16. The van der Waals surface area contributed by atoms with Gasteiger partial charge < -0.3 is 10.3 Å². The number of rotatable bonds is 3. The molecule has 2 aromatic carbocycles. The predicted octanol–water partition coefficient (Wildman–Crippen LogP) is 5.40. The van der Waals surface area contributed by atoms with E-state index in [0.717, 1.165) is 26.8 Å². The lowest BCUT2D eigenvalue weighted by Gasteiger charge is -2.08. The number of hydrogen-bond acceptors (Lipinski definition) is 1. The molecule has 2 N–H and O–H groups in total. The Bertz CT molecular complexity index is 762. The van der Waals surface area contributed by atoms with Crippen LogP contribution in [0, 0.1) is 6.92 Å². The number of aromatic amines is 1. The van der Waals surface area contributed by atoms with E-state index in [2.05, 4.69) is 10.3 Å². The summed E-state index contributed by atoms with van der Waals surface area (Å²) in [5.74, 6) is 0. The van der Waals surface area contributed by atoms with Gasteiger partial charge in [-0.15, -0.1) is 0 Å². The van der Waals surface area contributed by atoms with Crippen molar-refractivity contribution >= 4 is 39.8 Å². The van der Waals surface area contributed by atoms with Crippen LogP contribution in [0.4, 0.5) is 5.69 Å². The second-order valence-electron chi connectivity index (χ2n) is 4.84. The van der Waals surface area contributed by atoms with Gasteiger partial charge in [-0.2, -0.15) is 0 Å². The number of fused-ring (bicyclic) bond motifs is 1. The molecule has 1 aromatic heterocycles. The van der Waals surface area contributed by atoms with Gasteiger partial charge in [0.2, 0.25) is 0 Å². The van der Waals surface area contributed by atoms with Crippen LogP contribution in [-0.4, -0.2) is 4.98 Å². The summed E-state index contributed by atoms with van der Waals surface area (Å²) < 4.78 is 0. The van der Waals surface area contributed by atoms with Crippen LogP contribution in [0.3, 0.4) is 0 Å². The van der Waals surface area contributed by atoms with Gasteiger partial charge >= 0.3 is 0 Å². The van der Waals surface area contributed by atoms with Gasteiger partial charge in [0.05, 0.1) is 10.7 Å². The summed E-state index contributed by atoms with van der Waals surface area (Å²) in [5.41, 5.74) is 4.33. The highest BCUT2D eigenvalue weighted by atomic mass is 35.5. The Balaban J connectivity index is 1.83. The fourth-order valence-corrected chi connectivity index (χ4v) is 2.73. The first-order valence-corrected chi connectivity index (χ1v) is 7.14. The normalized spacial score (nSPS) is 10.9. The molecule has 1 heterocycles. The predicted molar refractivity (Wildman–Crippen MR) is 86.8 cm³/mol. The minimum atomic E-state index is 0.713. The summed E-state index contributed by atoms with van der Waals surface area (Å²) in [7, 11) is 0. The summed E-state index contributed by atoms with van der Waals surface area (Å²) in [6.07, 6.45) is 2.00. The number of nitrogens with one attached hydrogen (secondary N) is 2. The Kier molecular flexibility index (Phi) is 3.60. The van der Waals surface area contributed by atoms with Crippen LogP contribution in [-0.2, 0) is 6.54 Å². The third kappa shape index (κ3) is 2.62. The molecule has 20 heavy (non-hydrogen) atoms. The molecule has 0 atom stereocenters. The van der Waals surface area contributed by atoms with E-state index in [9.17, 15) is 0 Å². The minimum absolute atomic E-state index is 0.713. The molecule has 0 aliphatic heterocycles. The highest BCUT2D eigenvalue weighted by Gasteiger charge is 2.05. The van der Waals surface area contributed by atoms with Crippen molar-refractivity contribution in [3.63, 3.8) is 0 Å². The summed E-state index contributed by atoms with van der Waals surface area (Å²) in [6, 6.07) is 11.9. The topological polar surface area (TPSA) is 27.8 Å². The smallest absolute Gasteiger partial charge is 0.0640 e. The molecule has 0 amide bonds. The van der Waals surface area contributed by atoms with Crippen molar-refractivity contribution < 1.29 is 0 Å². The Morgan fingerprint density at radius 2 is 1.95 bits per heavy atom. The maximum atomic E-state index is 6.22. The fraction of sp³-hybridized carbons (Fsp3) is 0.125. The van der Waals surface area contributed by atoms with E-state index in [-0.39, 0.29) is 0 Å². The van der Waals surface area contributed by atoms with E-state index < -0.39 is 0 Å². The van der Waals surface area contributed by atoms with Crippen molar-refractivity contribution in [2.24, 2.45) is 0 Å². The largest absolute Gasteiger partial charge is 0.380 e. The molecule has 0 bridgehead atoms. The van der Waals surface area contributed by atoms with Gasteiger partial charge in [0.25, 0.3) is 0 Å². The van der Waals surface area contributed by atoms with E-state index in [1.165, 1.54) is 10.9 Å². The van der Waals surface area contributed by atoms with Crippen molar-refractivity contribution in [3.05, 3.63) is 63.8 Å².